The second-order valence-electron chi connectivity index (χ2n) is 3.38. The molecule has 0 unspecified atom stereocenters. The van der Waals surface area contributed by atoms with E-state index in [1.807, 2.05) is 12.2 Å². The van der Waals surface area contributed by atoms with Crippen molar-refractivity contribution in [3.8, 4) is 0 Å². The summed E-state index contributed by atoms with van der Waals surface area (Å²) >= 11 is 0. The number of carbonyl (C=O) groups is 1. The third-order valence-corrected chi connectivity index (χ3v) is 2.18. The van der Waals surface area contributed by atoms with Gasteiger partial charge >= 0.3 is 5.97 Å². The zero-order chi connectivity index (χ0) is 9.14. The number of hydrogen-bond acceptors (Lipinski definition) is 1. The van der Waals surface area contributed by atoms with Crippen LogP contribution in [0.1, 0.15) is 26.7 Å². The summed E-state index contributed by atoms with van der Waals surface area (Å²) in [6, 6.07) is 0. The van der Waals surface area contributed by atoms with E-state index < -0.39 is 5.97 Å². The molecule has 0 radical (unpaired) electrons. The van der Waals surface area contributed by atoms with Gasteiger partial charge in [0.25, 0.3) is 0 Å². The first-order chi connectivity index (χ1) is 5.61. The fraction of sp³-hybridized carbons (Fsp3) is 0.500. The van der Waals surface area contributed by atoms with Crippen LogP contribution in [0, 0.1) is 5.92 Å². The topological polar surface area (TPSA) is 37.3 Å². The Morgan fingerprint density at radius 1 is 1.42 bits per heavy atom. The summed E-state index contributed by atoms with van der Waals surface area (Å²) in [6.07, 6.45) is 5.24. The summed E-state index contributed by atoms with van der Waals surface area (Å²) in [7, 11) is 0. The van der Waals surface area contributed by atoms with Crippen LogP contribution in [0.2, 0.25) is 0 Å². The molecule has 66 valence electrons. The van der Waals surface area contributed by atoms with Crippen LogP contribution in [0.5, 0.6) is 0 Å². The highest BCUT2D eigenvalue weighted by Gasteiger charge is 2.12. The molecular formula is C10H14O2. The van der Waals surface area contributed by atoms with Crippen LogP contribution < -0.4 is 0 Å². The zero-order valence-electron chi connectivity index (χ0n) is 7.50. The van der Waals surface area contributed by atoms with Gasteiger partial charge in [0.05, 0.1) is 0 Å². The number of carboxylic acid groups (broad SMARTS) is 1. The fourth-order valence-corrected chi connectivity index (χ4v) is 1.29. The van der Waals surface area contributed by atoms with Gasteiger partial charge in [-0.05, 0) is 18.8 Å². The maximum absolute atomic E-state index is 10.5. The zero-order valence-corrected chi connectivity index (χ0v) is 7.50. The lowest BCUT2D eigenvalue weighted by Gasteiger charge is -2.14. The first kappa shape index (κ1) is 9.04. The van der Waals surface area contributed by atoms with Crippen molar-refractivity contribution in [3.63, 3.8) is 0 Å². The van der Waals surface area contributed by atoms with E-state index in [1.54, 1.807) is 0 Å². The van der Waals surface area contributed by atoms with Crippen LogP contribution in [0.3, 0.4) is 0 Å². The molecule has 0 spiro atoms. The molecule has 0 saturated carbocycles. The average Bonchev–Trinajstić information content (AvgIpc) is 2.04. The molecule has 1 rings (SSSR count). The molecule has 0 aliphatic heterocycles. The van der Waals surface area contributed by atoms with Crippen LogP contribution in [0.4, 0.5) is 0 Å². The summed E-state index contributed by atoms with van der Waals surface area (Å²) in [6.45, 7) is 4.26. The third-order valence-electron chi connectivity index (χ3n) is 2.18. The largest absolute Gasteiger partial charge is 0.478 e. The van der Waals surface area contributed by atoms with Gasteiger partial charge < -0.3 is 5.11 Å². The van der Waals surface area contributed by atoms with Crippen molar-refractivity contribution in [2.75, 3.05) is 0 Å². The minimum atomic E-state index is -0.783. The Labute approximate surface area is 72.6 Å². The number of carboxylic acids is 1. The highest BCUT2D eigenvalue weighted by Crippen LogP contribution is 2.22. The Hall–Kier alpha value is -1.05. The van der Waals surface area contributed by atoms with Crippen molar-refractivity contribution in [1.29, 1.82) is 0 Å². The summed E-state index contributed by atoms with van der Waals surface area (Å²) in [5, 5.41) is 8.67. The molecule has 0 fully saturated rings. The number of rotatable bonds is 2. The second kappa shape index (κ2) is 3.57. The van der Waals surface area contributed by atoms with Gasteiger partial charge in [-0.1, -0.05) is 31.6 Å². The molecule has 12 heavy (non-hydrogen) atoms. The standard InChI is InChI=1S/C10H14O2/c1-7(2)8-3-5-9(6-4-8)10(11)12/h3,6-7H,4-5H2,1-2H3,(H,11,12). The van der Waals surface area contributed by atoms with Crippen LogP contribution in [0.15, 0.2) is 23.3 Å². The van der Waals surface area contributed by atoms with E-state index in [-0.39, 0.29) is 0 Å². The van der Waals surface area contributed by atoms with Gasteiger partial charge in [0, 0.05) is 5.57 Å². The summed E-state index contributed by atoms with van der Waals surface area (Å²) in [4.78, 5) is 10.5. The summed E-state index contributed by atoms with van der Waals surface area (Å²) in [5.74, 6) is -0.245. The Morgan fingerprint density at radius 2 is 2.08 bits per heavy atom. The highest BCUT2D eigenvalue weighted by molar-refractivity contribution is 5.87. The molecule has 0 atom stereocenters. The van der Waals surface area contributed by atoms with E-state index in [1.165, 1.54) is 5.57 Å². The van der Waals surface area contributed by atoms with Gasteiger partial charge in [-0.3, -0.25) is 0 Å². The fourth-order valence-electron chi connectivity index (χ4n) is 1.29. The lowest BCUT2D eigenvalue weighted by atomic mass is 9.92. The van der Waals surface area contributed by atoms with Crippen molar-refractivity contribution in [2.45, 2.75) is 26.7 Å². The monoisotopic (exact) mass is 166 g/mol. The average molecular weight is 166 g/mol. The predicted octanol–water partition coefficient (Wildman–Crippen LogP) is 2.37. The maximum atomic E-state index is 10.5. The van der Waals surface area contributed by atoms with E-state index in [2.05, 4.69) is 13.8 Å². The number of allylic oxidation sites excluding steroid dienone is 3. The van der Waals surface area contributed by atoms with Gasteiger partial charge in [0.2, 0.25) is 0 Å². The van der Waals surface area contributed by atoms with Gasteiger partial charge in [0.1, 0.15) is 0 Å². The van der Waals surface area contributed by atoms with Gasteiger partial charge in [0.15, 0.2) is 0 Å². The van der Waals surface area contributed by atoms with Crippen LogP contribution in [0.25, 0.3) is 0 Å². The Morgan fingerprint density at radius 3 is 2.42 bits per heavy atom. The van der Waals surface area contributed by atoms with Crippen molar-refractivity contribution >= 4 is 5.97 Å². The molecule has 0 aromatic heterocycles. The van der Waals surface area contributed by atoms with Crippen LogP contribution >= 0.6 is 0 Å². The molecule has 1 aliphatic rings. The van der Waals surface area contributed by atoms with E-state index in [9.17, 15) is 4.79 Å². The smallest absolute Gasteiger partial charge is 0.331 e. The molecule has 0 aromatic rings. The van der Waals surface area contributed by atoms with Crippen molar-refractivity contribution < 1.29 is 9.90 Å². The van der Waals surface area contributed by atoms with E-state index in [0.29, 0.717) is 17.9 Å². The first-order valence-corrected chi connectivity index (χ1v) is 4.22. The maximum Gasteiger partial charge on any atom is 0.331 e. The predicted molar refractivity (Wildman–Crippen MR) is 47.9 cm³/mol. The molecule has 0 heterocycles. The minimum Gasteiger partial charge on any atom is -0.478 e. The molecule has 1 aliphatic carbocycles. The van der Waals surface area contributed by atoms with Gasteiger partial charge in [-0.25, -0.2) is 4.79 Å². The van der Waals surface area contributed by atoms with E-state index in [0.717, 1.165) is 6.42 Å². The summed E-state index contributed by atoms with van der Waals surface area (Å²) in [5.41, 5.74) is 1.87. The molecule has 2 nitrogen and oxygen atoms in total. The van der Waals surface area contributed by atoms with Crippen molar-refractivity contribution in [1.82, 2.24) is 0 Å². The highest BCUT2D eigenvalue weighted by atomic mass is 16.4. The normalized spacial score (nSPS) is 17.2. The molecule has 1 N–H and O–H groups in total. The Kier molecular flexibility index (Phi) is 2.69. The molecule has 0 bridgehead atoms. The molecule has 0 amide bonds. The van der Waals surface area contributed by atoms with Crippen LogP contribution in [-0.2, 0) is 4.79 Å². The number of hydrogen-bond donors (Lipinski definition) is 1. The second-order valence-corrected chi connectivity index (χ2v) is 3.38. The molecular weight excluding hydrogens is 152 g/mol. The lowest BCUT2D eigenvalue weighted by molar-refractivity contribution is -0.132. The third kappa shape index (κ3) is 1.97. The lowest BCUT2D eigenvalue weighted by Crippen LogP contribution is -2.05. The minimum absolute atomic E-state index is 0.527. The molecule has 2 heteroatoms. The quantitative estimate of drug-likeness (QED) is 0.639. The molecule has 0 saturated heterocycles. The van der Waals surface area contributed by atoms with Crippen molar-refractivity contribution in [2.24, 2.45) is 5.92 Å². The Balaban J connectivity index is 2.60. The Bertz CT molecular complexity index is 247. The first-order valence-electron chi connectivity index (χ1n) is 4.22. The van der Waals surface area contributed by atoms with E-state index in [4.69, 9.17) is 5.11 Å². The van der Waals surface area contributed by atoms with E-state index >= 15 is 0 Å². The SMILES string of the molecule is CC(C)C1=CCC(C(=O)O)=CC1. The number of aliphatic carboxylic acids is 1. The van der Waals surface area contributed by atoms with Crippen molar-refractivity contribution in [3.05, 3.63) is 23.3 Å². The molecule has 0 aromatic carbocycles. The van der Waals surface area contributed by atoms with Gasteiger partial charge in [-0.2, -0.15) is 0 Å². The van der Waals surface area contributed by atoms with Crippen LogP contribution in [-0.4, -0.2) is 11.1 Å². The van der Waals surface area contributed by atoms with Gasteiger partial charge in [-0.15, -0.1) is 0 Å². The summed E-state index contributed by atoms with van der Waals surface area (Å²) < 4.78 is 0.